The van der Waals surface area contributed by atoms with Crippen LogP contribution in [0.5, 0.6) is 0 Å². The largest absolute Gasteiger partial charge is 0.281 e. The number of imide groups is 1. The molecule has 0 bridgehead atoms. The first kappa shape index (κ1) is 19.0. The van der Waals surface area contributed by atoms with Crippen LogP contribution in [-0.4, -0.2) is 38.8 Å². The van der Waals surface area contributed by atoms with E-state index in [9.17, 15) is 19.2 Å². The maximum atomic E-state index is 12.5. The zero-order chi connectivity index (χ0) is 20.7. The average Bonchev–Trinajstić information content (AvgIpc) is 3.23. The molecule has 3 amide bonds. The monoisotopic (exact) mass is 410 g/mol. The molecular formula is C20H18N4O4S. The molecule has 1 aromatic carbocycles. The van der Waals surface area contributed by atoms with Gasteiger partial charge in [0, 0.05) is 13.0 Å². The third-order valence-electron chi connectivity index (χ3n) is 4.81. The molecule has 0 saturated carbocycles. The van der Waals surface area contributed by atoms with Crippen LogP contribution in [-0.2, 0) is 4.79 Å². The Morgan fingerprint density at radius 1 is 1.10 bits per heavy atom. The van der Waals surface area contributed by atoms with Crippen LogP contribution in [0.4, 0.5) is 0 Å². The number of fused-ring (bicyclic) bond motifs is 2. The Hall–Kier alpha value is -3.33. The molecule has 0 atom stereocenters. The highest BCUT2D eigenvalue weighted by atomic mass is 32.1. The summed E-state index contributed by atoms with van der Waals surface area (Å²) in [7, 11) is 0. The number of hydrogen-bond acceptors (Lipinski definition) is 6. The van der Waals surface area contributed by atoms with E-state index in [0.717, 1.165) is 15.1 Å². The second kappa shape index (κ2) is 7.25. The fourth-order valence-electron chi connectivity index (χ4n) is 3.33. The van der Waals surface area contributed by atoms with Crippen molar-refractivity contribution in [2.45, 2.75) is 26.7 Å². The molecule has 9 heteroatoms. The molecule has 0 unspecified atom stereocenters. The molecule has 0 saturated heterocycles. The molecule has 8 nitrogen and oxygen atoms in total. The standard InChI is InChI=1S/C20H18N4O4S/c1-11-5-6-13-15(10-11)19(27)23(18(13)26)8-3-4-16(25)22-24-12(2)21-17-14(20(24)28)7-9-29-17/h5-7,9-10H,3-4,8H2,1-2H3,(H,22,25). The van der Waals surface area contributed by atoms with E-state index in [2.05, 4.69) is 10.4 Å². The Balaban J connectivity index is 1.40. The maximum Gasteiger partial charge on any atom is 0.281 e. The molecule has 0 radical (unpaired) electrons. The molecule has 0 fully saturated rings. The number of carbonyl (C=O) groups excluding carboxylic acids is 3. The van der Waals surface area contributed by atoms with Crippen molar-refractivity contribution in [1.29, 1.82) is 0 Å². The van der Waals surface area contributed by atoms with E-state index < -0.39 is 0 Å². The van der Waals surface area contributed by atoms with Gasteiger partial charge in [0.2, 0.25) is 5.91 Å². The molecule has 4 rings (SSSR count). The van der Waals surface area contributed by atoms with E-state index in [0.29, 0.717) is 27.2 Å². The molecule has 1 aliphatic rings. The number of aryl methyl sites for hydroxylation is 2. The Bertz CT molecular complexity index is 1230. The fraction of sp³-hybridized carbons (Fsp3) is 0.250. The van der Waals surface area contributed by atoms with Gasteiger partial charge in [0.1, 0.15) is 10.7 Å². The van der Waals surface area contributed by atoms with Crippen molar-refractivity contribution in [2.24, 2.45) is 0 Å². The zero-order valence-electron chi connectivity index (χ0n) is 15.9. The lowest BCUT2D eigenvalue weighted by atomic mass is 10.1. The lowest BCUT2D eigenvalue weighted by Crippen LogP contribution is -2.36. The minimum absolute atomic E-state index is 0.0555. The molecule has 1 aliphatic heterocycles. The van der Waals surface area contributed by atoms with Crippen LogP contribution in [0.15, 0.2) is 34.4 Å². The summed E-state index contributed by atoms with van der Waals surface area (Å²) >= 11 is 1.36. The smallest absolute Gasteiger partial charge is 0.274 e. The number of hydrogen-bond donors (Lipinski definition) is 1. The van der Waals surface area contributed by atoms with Gasteiger partial charge >= 0.3 is 0 Å². The molecular weight excluding hydrogens is 392 g/mol. The maximum absolute atomic E-state index is 12.5. The minimum Gasteiger partial charge on any atom is -0.274 e. The Kier molecular flexibility index (Phi) is 4.75. The summed E-state index contributed by atoms with van der Waals surface area (Å²) in [4.78, 5) is 55.8. The highest BCUT2D eigenvalue weighted by Crippen LogP contribution is 2.24. The van der Waals surface area contributed by atoms with Gasteiger partial charge < -0.3 is 0 Å². The molecule has 3 aromatic rings. The predicted octanol–water partition coefficient (Wildman–Crippen LogP) is 2.22. The van der Waals surface area contributed by atoms with Gasteiger partial charge in [0.05, 0.1) is 16.5 Å². The lowest BCUT2D eigenvalue weighted by Gasteiger charge is -2.14. The number of nitrogens with zero attached hydrogens (tertiary/aromatic N) is 3. The normalized spacial score (nSPS) is 13.2. The van der Waals surface area contributed by atoms with Crippen LogP contribution in [0.3, 0.4) is 0 Å². The molecule has 2 aromatic heterocycles. The van der Waals surface area contributed by atoms with E-state index in [1.54, 1.807) is 36.6 Å². The van der Waals surface area contributed by atoms with E-state index in [1.165, 1.54) is 11.3 Å². The molecule has 0 aliphatic carbocycles. The number of benzene rings is 1. The summed E-state index contributed by atoms with van der Waals surface area (Å²) in [6, 6.07) is 6.81. The van der Waals surface area contributed by atoms with E-state index in [4.69, 9.17) is 0 Å². The van der Waals surface area contributed by atoms with Gasteiger partial charge in [-0.3, -0.25) is 29.5 Å². The summed E-state index contributed by atoms with van der Waals surface area (Å²) < 4.78 is 1.13. The number of nitrogens with one attached hydrogen (secondary N) is 1. The Morgan fingerprint density at radius 3 is 2.66 bits per heavy atom. The predicted molar refractivity (Wildman–Crippen MR) is 109 cm³/mol. The van der Waals surface area contributed by atoms with Crippen molar-refractivity contribution >= 4 is 39.3 Å². The van der Waals surface area contributed by atoms with Crippen molar-refractivity contribution in [3.63, 3.8) is 0 Å². The topological polar surface area (TPSA) is 101 Å². The minimum atomic E-state index is -0.390. The van der Waals surface area contributed by atoms with Crippen LogP contribution < -0.4 is 11.0 Å². The zero-order valence-corrected chi connectivity index (χ0v) is 16.7. The van der Waals surface area contributed by atoms with Gasteiger partial charge in [0.15, 0.2) is 0 Å². The van der Waals surface area contributed by atoms with Crippen LogP contribution in [0, 0.1) is 13.8 Å². The van der Waals surface area contributed by atoms with Crippen LogP contribution in [0.2, 0.25) is 0 Å². The van der Waals surface area contributed by atoms with Crippen molar-refractivity contribution in [3.8, 4) is 0 Å². The average molecular weight is 410 g/mol. The Morgan fingerprint density at radius 2 is 1.86 bits per heavy atom. The molecule has 1 N–H and O–H groups in total. The van der Waals surface area contributed by atoms with Crippen LogP contribution >= 0.6 is 11.3 Å². The van der Waals surface area contributed by atoms with Crippen molar-refractivity contribution in [1.82, 2.24) is 14.6 Å². The number of carbonyl (C=O) groups is 3. The van der Waals surface area contributed by atoms with E-state index in [-0.39, 0.29) is 42.7 Å². The first-order valence-corrected chi connectivity index (χ1v) is 9.98. The molecule has 29 heavy (non-hydrogen) atoms. The summed E-state index contributed by atoms with van der Waals surface area (Å²) in [5.74, 6) is -0.689. The quantitative estimate of drug-likeness (QED) is 0.650. The van der Waals surface area contributed by atoms with Gasteiger partial charge in [-0.1, -0.05) is 11.6 Å². The molecule has 148 valence electrons. The second-order valence-electron chi connectivity index (χ2n) is 6.89. The van der Waals surface area contributed by atoms with Gasteiger partial charge in [-0.2, -0.15) is 0 Å². The molecule has 0 spiro atoms. The first-order chi connectivity index (χ1) is 13.9. The SMILES string of the molecule is Cc1ccc2c(c1)C(=O)N(CCCC(=O)Nn1c(C)nc3sccc3c1=O)C2=O. The molecule has 3 heterocycles. The number of aromatic nitrogens is 2. The van der Waals surface area contributed by atoms with E-state index >= 15 is 0 Å². The summed E-state index contributed by atoms with van der Waals surface area (Å²) in [6.07, 6.45) is 0.345. The fourth-order valence-corrected chi connectivity index (χ4v) is 4.13. The van der Waals surface area contributed by atoms with Gasteiger partial charge in [0.25, 0.3) is 17.4 Å². The van der Waals surface area contributed by atoms with Crippen LogP contribution in [0.25, 0.3) is 10.2 Å². The highest BCUT2D eigenvalue weighted by Gasteiger charge is 2.34. The third kappa shape index (κ3) is 3.33. The van der Waals surface area contributed by atoms with Crippen molar-refractivity contribution < 1.29 is 14.4 Å². The Labute approximate surface area is 169 Å². The van der Waals surface area contributed by atoms with E-state index in [1.807, 2.05) is 6.92 Å². The number of thiophene rings is 1. The summed E-state index contributed by atoms with van der Waals surface area (Å²) in [5.41, 5.74) is 3.91. The first-order valence-electron chi connectivity index (χ1n) is 9.10. The third-order valence-corrected chi connectivity index (χ3v) is 5.62. The van der Waals surface area contributed by atoms with Gasteiger partial charge in [-0.05, 0) is 43.8 Å². The van der Waals surface area contributed by atoms with Crippen molar-refractivity contribution in [3.05, 3.63) is 62.5 Å². The van der Waals surface area contributed by atoms with Crippen LogP contribution in [0.1, 0.15) is 44.9 Å². The number of amides is 3. The lowest BCUT2D eigenvalue weighted by molar-refractivity contribution is -0.117. The number of rotatable bonds is 5. The van der Waals surface area contributed by atoms with Crippen molar-refractivity contribution in [2.75, 3.05) is 12.0 Å². The summed E-state index contributed by atoms with van der Waals surface area (Å²) in [6.45, 7) is 3.63. The van der Waals surface area contributed by atoms with Gasteiger partial charge in [-0.25, -0.2) is 9.66 Å². The highest BCUT2D eigenvalue weighted by molar-refractivity contribution is 7.16. The van der Waals surface area contributed by atoms with Gasteiger partial charge in [-0.15, -0.1) is 11.3 Å². The summed E-state index contributed by atoms with van der Waals surface area (Å²) in [5, 5.41) is 2.22. The second-order valence-corrected chi connectivity index (χ2v) is 7.78.